The Morgan fingerprint density at radius 3 is 1.47 bits per heavy atom. The number of halogens is 2. The van der Waals surface area contributed by atoms with Gasteiger partial charge in [-0.25, -0.2) is 0 Å². The molecule has 0 aromatic carbocycles. The maximum Gasteiger partial charge on any atom is 0.0886 e. The van der Waals surface area contributed by atoms with Crippen LogP contribution in [-0.2, 0) is 15.9 Å². The molecule has 2 heterocycles. The fourth-order valence-electron chi connectivity index (χ4n) is 1.03. The fourth-order valence-corrected chi connectivity index (χ4v) is 1.03. The van der Waals surface area contributed by atoms with Gasteiger partial charge in [0.05, 0.1) is 11.4 Å². The Bertz CT molecular complexity index is 332. The van der Waals surface area contributed by atoms with Crippen molar-refractivity contribution in [1.29, 1.82) is 0 Å². The van der Waals surface area contributed by atoms with Crippen molar-refractivity contribution < 1.29 is 15.9 Å². The summed E-state index contributed by atoms with van der Waals surface area (Å²) in [5.41, 5.74) is 1.83. The van der Waals surface area contributed by atoms with Crippen molar-refractivity contribution in [3.63, 3.8) is 0 Å². The average molecular weight is 334 g/mol. The first kappa shape index (κ1) is 12.6. The largest absolute Gasteiger partial charge is 0.255 e. The Balaban J connectivity index is 0.000000337. The second-order valence-corrected chi connectivity index (χ2v) is 4.84. The van der Waals surface area contributed by atoms with Crippen molar-refractivity contribution >= 4 is 19.1 Å². The third-order valence-corrected chi connectivity index (χ3v) is 1.59. The number of nitrogens with zero attached hydrogens (tertiary/aromatic N) is 2. The summed E-state index contributed by atoms with van der Waals surface area (Å²) < 4.78 is 0. The monoisotopic (exact) mass is 332 g/mol. The molecule has 82 valence electrons. The van der Waals surface area contributed by atoms with Crippen LogP contribution >= 0.6 is 19.1 Å². The normalized spacial score (nSPS) is 9.20. The van der Waals surface area contributed by atoms with E-state index in [0.29, 0.717) is 0 Å². The van der Waals surface area contributed by atoms with Gasteiger partial charge in [0.1, 0.15) is 0 Å². The maximum atomic E-state index is 4.81. The van der Waals surface area contributed by atoms with Gasteiger partial charge in [0.15, 0.2) is 0 Å². The Labute approximate surface area is 105 Å². The molecule has 2 rings (SSSR count). The molecule has 0 spiro atoms. The van der Waals surface area contributed by atoms with Crippen LogP contribution < -0.4 is 0 Å². The van der Waals surface area contributed by atoms with Crippen LogP contribution in [0.5, 0.6) is 0 Å². The van der Waals surface area contributed by atoms with Crippen LogP contribution in [-0.4, -0.2) is 9.97 Å². The topological polar surface area (TPSA) is 25.8 Å². The molecule has 2 aromatic rings. The molecule has 0 saturated heterocycles. The Kier molecular flexibility index (Phi) is 6.55. The van der Waals surface area contributed by atoms with Crippen LogP contribution in [0.3, 0.4) is 0 Å². The molecular weight excluding hydrogens is 325 g/mol. The van der Waals surface area contributed by atoms with Gasteiger partial charge in [0, 0.05) is 12.4 Å². The van der Waals surface area contributed by atoms with Crippen LogP contribution in [0.15, 0.2) is 48.8 Å². The minimum Gasteiger partial charge on any atom is -0.255 e. The van der Waals surface area contributed by atoms with E-state index in [4.69, 9.17) is 19.1 Å². The predicted molar refractivity (Wildman–Crippen MR) is 59.2 cm³/mol. The summed E-state index contributed by atoms with van der Waals surface area (Å²) in [6.07, 6.45) is 3.54. The minimum atomic E-state index is -0.106. The first-order valence-corrected chi connectivity index (χ1v) is 8.03. The minimum absolute atomic E-state index is 0.106. The first-order valence-electron chi connectivity index (χ1n) is 4.03. The van der Waals surface area contributed by atoms with Crippen molar-refractivity contribution in [1.82, 2.24) is 9.97 Å². The van der Waals surface area contributed by atoms with Gasteiger partial charge < -0.3 is 0 Å². The third-order valence-electron chi connectivity index (χ3n) is 1.59. The van der Waals surface area contributed by atoms with Crippen LogP contribution in [0.2, 0.25) is 0 Å². The zero-order chi connectivity index (χ0) is 10.9. The van der Waals surface area contributed by atoms with Crippen molar-refractivity contribution in [3.8, 4) is 11.4 Å². The molecule has 0 aliphatic heterocycles. The summed E-state index contributed by atoms with van der Waals surface area (Å²) in [4.78, 5) is 8.37. The van der Waals surface area contributed by atoms with E-state index in [1.165, 1.54) is 0 Å². The second-order valence-electron chi connectivity index (χ2n) is 2.48. The summed E-state index contributed by atoms with van der Waals surface area (Å²) in [5, 5.41) is 0. The van der Waals surface area contributed by atoms with Crippen LogP contribution in [0, 0.1) is 0 Å². The van der Waals surface area contributed by atoms with E-state index in [1.807, 2.05) is 36.4 Å². The molecule has 0 radical (unpaired) electrons. The molecule has 0 bridgehead atoms. The van der Waals surface area contributed by atoms with Crippen molar-refractivity contribution in [3.05, 3.63) is 48.8 Å². The van der Waals surface area contributed by atoms with Gasteiger partial charge in [0.25, 0.3) is 0 Å². The van der Waals surface area contributed by atoms with E-state index in [1.54, 1.807) is 12.4 Å². The zero-order valence-corrected chi connectivity index (χ0v) is 10.7. The smallest absolute Gasteiger partial charge is 0.0886 e. The Hall–Kier alpha value is -0.458. The fraction of sp³-hybridized carbons (Fsp3) is 0. The summed E-state index contributed by atoms with van der Waals surface area (Å²) in [5.74, 6) is 0. The molecule has 0 fully saturated rings. The van der Waals surface area contributed by atoms with Gasteiger partial charge in [0.2, 0.25) is 0 Å². The zero-order valence-electron chi connectivity index (χ0n) is 7.59. The molecule has 2 nitrogen and oxygen atoms in total. The van der Waals surface area contributed by atoms with E-state index in [-0.39, 0.29) is 15.9 Å². The van der Waals surface area contributed by atoms with Gasteiger partial charge in [-0.3, -0.25) is 9.97 Å². The third kappa shape index (κ3) is 4.72. The SMILES string of the molecule is [Cl][Pd][Cl].c1ccc(-c2ccccn2)nc1. The molecule has 0 unspecified atom stereocenters. The number of aromatic nitrogens is 2. The number of pyridine rings is 2. The van der Waals surface area contributed by atoms with Gasteiger partial charge >= 0.3 is 35.0 Å². The molecule has 15 heavy (non-hydrogen) atoms. The molecule has 0 aliphatic rings. The van der Waals surface area contributed by atoms with E-state index in [0.717, 1.165) is 11.4 Å². The van der Waals surface area contributed by atoms with Crippen LogP contribution in [0.25, 0.3) is 11.4 Å². The molecule has 5 heteroatoms. The molecular formula is C10H8Cl2N2Pd. The molecule has 0 aliphatic carbocycles. The van der Waals surface area contributed by atoms with Crippen molar-refractivity contribution in [2.24, 2.45) is 0 Å². The Morgan fingerprint density at radius 2 is 1.20 bits per heavy atom. The van der Waals surface area contributed by atoms with E-state index in [2.05, 4.69) is 9.97 Å². The van der Waals surface area contributed by atoms with E-state index in [9.17, 15) is 0 Å². The summed E-state index contributed by atoms with van der Waals surface area (Å²) in [6.45, 7) is 0. The standard InChI is InChI=1S/C10H8N2.2ClH.Pd/c1-3-7-11-9(5-1)10-6-2-4-8-12-10;;;/h1-8H;2*1H;/q;;;+2/p-2. The Morgan fingerprint density at radius 1 is 0.800 bits per heavy atom. The molecule has 0 N–H and O–H groups in total. The average Bonchev–Trinajstić information content (AvgIpc) is 2.32. The van der Waals surface area contributed by atoms with Gasteiger partial charge in [-0.15, -0.1) is 0 Å². The summed E-state index contributed by atoms with van der Waals surface area (Å²) in [6, 6.07) is 11.6. The molecule has 0 saturated carbocycles. The predicted octanol–water partition coefficient (Wildman–Crippen LogP) is 3.52. The first-order chi connectivity index (χ1) is 7.38. The quantitative estimate of drug-likeness (QED) is 0.746. The van der Waals surface area contributed by atoms with Crippen molar-refractivity contribution in [2.45, 2.75) is 0 Å². The number of hydrogen-bond acceptors (Lipinski definition) is 2. The van der Waals surface area contributed by atoms with Gasteiger partial charge in [-0.05, 0) is 24.3 Å². The van der Waals surface area contributed by atoms with E-state index < -0.39 is 0 Å². The van der Waals surface area contributed by atoms with Crippen LogP contribution in [0.1, 0.15) is 0 Å². The number of rotatable bonds is 1. The number of hydrogen-bond donors (Lipinski definition) is 0. The molecule has 0 atom stereocenters. The van der Waals surface area contributed by atoms with Crippen molar-refractivity contribution in [2.75, 3.05) is 0 Å². The van der Waals surface area contributed by atoms with Crippen LogP contribution in [0.4, 0.5) is 0 Å². The maximum absolute atomic E-state index is 4.81. The summed E-state index contributed by atoms with van der Waals surface area (Å²) in [7, 11) is 9.63. The van der Waals surface area contributed by atoms with Gasteiger partial charge in [-0.2, -0.15) is 0 Å². The summed E-state index contributed by atoms with van der Waals surface area (Å²) >= 11 is -0.106. The molecule has 0 amide bonds. The second kappa shape index (κ2) is 7.78. The van der Waals surface area contributed by atoms with Gasteiger partial charge in [-0.1, -0.05) is 12.1 Å². The molecule has 2 aromatic heterocycles. The van der Waals surface area contributed by atoms with E-state index >= 15 is 0 Å².